The van der Waals surface area contributed by atoms with Crippen LogP contribution in [-0.2, 0) is 11.4 Å². The van der Waals surface area contributed by atoms with E-state index in [1.807, 2.05) is 22.7 Å². The van der Waals surface area contributed by atoms with Gasteiger partial charge in [-0.15, -0.1) is 22.7 Å². The van der Waals surface area contributed by atoms with Crippen molar-refractivity contribution in [2.75, 3.05) is 0 Å². The zero-order chi connectivity index (χ0) is 19.4. The molecule has 0 fully saturated rings. The van der Waals surface area contributed by atoms with Gasteiger partial charge in [0.05, 0.1) is 23.1 Å². The molecule has 0 bridgehead atoms. The van der Waals surface area contributed by atoms with Gasteiger partial charge < -0.3 is 0 Å². The molecule has 1 aromatic carbocycles. The van der Waals surface area contributed by atoms with Crippen LogP contribution < -0.4 is 0 Å². The molecule has 28 heavy (non-hydrogen) atoms. The standard InChI is InChI=1S/C20H18N4S4/c1-9(2)11-5-7-13(25-11)15-17-19(23-27-21-17)16(20-18(15)22-28-24-20)14-8-6-12(26-14)10(3)4/h5-10H,1-4H3. The summed E-state index contributed by atoms with van der Waals surface area (Å²) in [6.07, 6.45) is 0. The first-order chi connectivity index (χ1) is 13.5. The number of nitrogens with zero attached hydrogens (tertiary/aromatic N) is 4. The average molecular weight is 443 g/mol. The van der Waals surface area contributed by atoms with Crippen molar-refractivity contribution in [1.29, 1.82) is 0 Å². The third-order valence-corrected chi connectivity index (χ3v) is 8.67. The molecule has 0 spiro atoms. The number of thiophene rings is 2. The molecule has 4 heterocycles. The van der Waals surface area contributed by atoms with E-state index in [9.17, 15) is 0 Å². The minimum absolute atomic E-state index is 0.506. The van der Waals surface area contributed by atoms with Crippen LogP contribution in [0, 0.1) is 0 Å². The molecular formula is C20H18N4S4. The van der Waals surface area contributed by atoms with Crippen LogP contribution in [-0.4, -0.2) is 8.75 Å². The van der Waals surface area contributed by atoms with Gasteiger partial charge in [0.15, 0.2) is 0 Å². The molecule has 0 atom stereocenters. The summed E-state index contributed by atoms with van der Waals surface area (Å²) in [6, 6.07) is 8.80. The highest BCUT2D eigenvalue weighted by Crippen LogP contribution is 2.54. The van der Waals surface area contributed by atoms with E-state index in [2.05, 4.69) is 69.4 Å². The maximum atomic E-state index is 4.69. The highest BCUT2D eigenvalue weighted by atomic mass is 32.1. The summed E-state index contributed by atoms with van der Waals surface area (Å²) < 4.78 is 18.7. The van der Waals surface area contributed by atoms with Gasteiger partial charge in [-0.2, -0.15) is 17.5 Å². The molecule has 0 aliphatic carbocycles. The smallest absolute Gasteiger partial charge is 0.116 e. The van der Waals surface area contributed by atoms with E-state index >= 15 is 0 Å². The van der Waals surface area contributed by atoms with E-state index in [0.29, 0.717) is 11.8 Å². The topological polar surface area (TPSA) is 50.5 Å². The van der Waals surface area contributed by atoms with Crippen LogP contribution in [0.15, 0.2) is 33.0 Å². The summed E-state index contributed by atoms with van der Waals surface area (Å²) in [6.45, 7) is 8.90. The summed E-state index contributed by atoms with van der Waals surface area (Å²) in [5, 5.41) is 0. The number of hydrogen-bond donors (Lipinski definition) is 0. The summed E-state index contributed by atoms with van der Waals surface area (Å²) in [7, 11) is 0. The SMILES string of the molecule is CC(C)c1ccc(-c2c3c(c(-c4ccc(C(C)C)s4)c4nsnc24)N=S=N3)s1. The summed E-state index contributed by atoms with van der Waals surface area (Å²) in [4.78, 5) is 5.12. The van der Waals surface area contributed by atoms with Crippen molar-refractivity contribution >= 4 is 68.2 Å². The second-order valence-corrected chi connectivity index (χ2v) is 10.7. The minimum Gasteiger partial charge on any atom is -0.172 e. The van der Waals surface area contributed by atoms with Crippen LogP contribution in [0.1, 0.15) is 49.3 Å². The van der Waals surface area contributed by atoms with E-state index in [1.54, 1.807) is 0 Å². The van der Waals surface area contributed by atoms with Crippen molar-refractivity contribution in [3.8, 4) is 20.9 Å². The first-order valence-corrected chi connectivity index (χ1v) is 12.2. The monoisotopic (exact) mass is 442 g/mol. The van der Waals surface area contributed by atoms with Crippen LogP contribution in [0.2, 0.25) is 0 Å². The Morgan fingerprint density at radius 1 is 0.679 bits per heavy atom. The molecule has 4 nitrogen and oxygen atoms in total. The summed E-state index contributed by atoms with van der Waals surface area (Å²) >= 11 is 6.17. The number of hydrogen-bond acceptors (Lipinski definition) is 7. The lowest BCUT2D eigenvalue weighted by Gasteiger charge is -2.09. The maximum absolute atomic E-state index is 4.69. The quantitative estimate of drug-likeness (QED) is 0.282. The van der Waals surface area contributed by atoms with Crippen molar-refractivity contribution in [2.24, 2.45) is 8.73 Å². The fraction of sp³-hybridized carbons (Fsp3) is 0.300. The molecule has 0 saturated heterocycles. The fourth-order valence-corrected chi connectivity index (χ4v) is 6.55. The van der Waals surface area contributed by atoms with E-state index in [4.69, 9.17) is 0 Å². The predicted octanol–water partition coefficient (Wildman–Crippen LogP) is 8.12. The molecule has 8 heteroatoms. The molecule has 0 unspecified atom stereocenters. The average Bonchev–Trinajstić information content (AvgIpc) is 3.45. The number of rotatable bonds is 4. The van der Waals surface area contributed by atoms with Crippen LogP contribution in [0.25, 0.3) is 31.9 Å². The van der Waals surface area contributed by atoms with Crippen LogP contribution in [0.5, 0.6) is 0 Å². The largest absolute Gasteiger partial charge is 0.172 e. The van der Waals surface area contributed by atoms with E-state index in [1.165, 1.54) is 42.6 Å². The first-order valence-electron chi connectivity index (χ1n) is 9.15. The Hall–Kier alpha value is -1.74. The zero-order valence-corrected chi connectivity index (χ0v) is 19.2. The first kappa shape index (κ1) is 18.3. The van der Waals surface area contributed by atoms with Gasteiger partial charge in [-0.05, 0) is 36.1 Å². The lowest BCUT2D eigenvalue weighted by atomic mass is 10.0. The predicted molar refractivity (Wildman–Crippen MR) is 124 cm³/mol. The Morgan fingerprint density at radius 3 is 1.54 bits per heavy atom. The molecule has 142 valence electrons. The van der Waals surface area contributed by atoms with Gasteiger partial charge in [0.25, 0.3) is 0 Å². The van der Waals surface area contributed by atoms with Crippen molar-refractivity contribution in [3.63, 3.8) is 0 Å². The molecule has 1 aliphatic heterocycles. The molecule has 4 aromatic rings. The van der Waals surface area contributed by atoms with Gasteiger partial charge in [0.1, 0.15) is 22.4 Å². The van der Waals surface area contributed by atoms with Crippen LogP contribution in [0.4, 0.5) is 11.4 Å². The Kier molecular flexibility index (Phi) is 4.54. The van der Waals surface area contributed by atoms with Crippen molar-refractivity contribution in [3.05, 3.63) is 34.0 Å². The number of fused-ring (bicyclic) bond motifs is 2. The molecule has 0 radical (unpaired) electrons. The van der Waals surface area contributed by atoms with Crippen molar-refractivity contribution in [1.82, 2.24) is 8.75 Å². The number of benzene rings is 1. The van der Waals surface area contributed by atoms with Crippen LogP contribution in [0.3, 0.4) is 0 Å². The summed E-state index contributed by atoms with van der Waals surface area (Å²) in [5.41, 5.74) is 5.92. The van der Waals surface area contributed by atoms with Crippen molar-refractivity contribution < 1.29 is 0 Å². The lowest BCUT2D eigenvalue weighted by molar-refractivity contribution is 0.890. The highest BCUT2D eigenvalue weighted by Gasteiger charge is 2.27. The normalized spacial score (nSPS) is 13.1. The third-order valence-electron chi connectivity index (χ3n) is 4.81. The van der Waals surface area contributed by atoms with Gasteiger partial charge in [-0.3, -0.25) is 0 Å². The van der Waals surface area contributed by atoms with E-state index in [0.717, 1.165) is 33.5 Å². The summed E-state index contributed by atoms with van der Waals surface area (Å²) in [5.74, 6) is 1.01. The maximum Gasteiger partial charge on any atom is 0.116 e. The molecule has 0 saturated carbocycles. The van der Waals surface area contributed by atoms with Crippen molar-refractivity contribution in [2.45, 2.75) is 39.5 Å². The van der Waals surface area contributed by atoms with E-state index in [-0.39, 0.29) is 0 Å². The fourth-order valence-electron chi connectivity index (χ4n) is 3.32. The van der Waals surface area contributed by atoms with Gasteiger partial charge in [0.2, 0.25) is 0 Å². The second kappa shape index (κ2) is 6.95. The Labute approximate surface area is 179 Å². The Bertz CT molecular complexity index is 1180. The molecular weight excluding hydrogens is 425 g/mol. The minimum atomic E-state index is 0.506. The van der Waals surface area contributed by atoms with E-state index < -0.39 is 0 Å². The lowest BCUT2D eigenvalue weighted by Crippen LogP contribution is -1.85. The van der Waals surface area contributed by atoms with Gasteiger partial charge in [-0.1, -0.05) is 27.7 Å². The number of aromatic nitrogens is 2. The molecule has 0 N–H and O–H groups in total. The van der Waals surface area contributed by atoms with Gasteiger partial charge >= 0.3 is 0 Å². The molecule has 5 rings (SSSR count). The Morgan fingerprint density at radius 2 is 1.14 bits per heavy atom. The van der Waals surface area contributed by atoms with Gasteiger partial charge in [-0.25, -0.2) is 0 Å². The van der Waals surface area contributed by atoms with Crippen LogP contribution >= 0.6 is 34.4 Å². The third kappa shape index (κ3) is 2.82. The second-order valence-electron chi connectivity index (χ2n) is 7.39. The highest BCUT2D eigenvalue weighted by molar-refractivity contribution is 7.58. The molecule has 1 aliphatic rings. The molecule has 3 aromatic heterocycles. The zero-order valence-electron chi connectivity index (χ0n) is 15.9. The van der Waals surface area contributed by atoms with Gasteiger partial charge in [0, 0.05) is 30.6 Å². The Balaban J connectivity index is 1.79. The molecule has 0 amide bonds.